The quantitative estimate of drug-likeness (QED) is 0.497. The highest BCUT2D eigenvalue weighted by Gasteiger charge is 2.42. The Labute approximate surface area is 185 Å². The van der Waals surface area contributed by atoms with E-state index in [1.54, 1.807) is 6.07 Å². The maximum Gasteiger partial charge on any atom is 0.407 e. The van der Waals surface area contributed by atoms with Gasteiger partial charge in [0.25, 0.3) is 0 Å². The molecule has 30 heavy (non-hydrogen) atoms. The first-order valence-electron chi connectivity index (χ1n) is 8.42. The van der Waals surface area contributed by atoms with Crippen LogP contribution in [0.15, 0.2) is 36.4 Å². The van der Waals surface area contributed by atoms with Crippen molar-refractivity contribution in [2.75, 3.05) is 6.54 Å². The standard InChI is InChI=1S/C19H15Cl3F3N3O2/c20-12-3-1-11(2-4-12)17(19(23,24)25)28-15(18(30)27-6-5-26)9-10-7-13(21)16(29)14(22)8-10/h1-4,7-8,15,17,28-29H,6,9H2,(H,27,30)/t15-,17-/m0/s1. The van der Waals surface area contributed by atoms with Gasteiger partial charge in [0.05, 0.1) is 22.2 Å². The maximum absolute atomic E-state index is 13.7. The second-order valence-electron chi connectivity index (χ2n) is 6.23. The minimum absolute atomic E-state index is 0.112. The molecule has 0 aromatic heterocycles. The zero-order valence-corrected chi connectivity index (χ0v) is 17.4. The van der Waals surface area contributed by atoms with Gasteiger partial charge >= 0.3 is 6.18 Å². The zero-order valence-electron chi connectivity index (χ0n) is 15.1. The highest BCUT2D eigenvalue weighted by molar-refractivity contribution is 6.37. The molecule has 160 valence electrons. The van der Waals surface area contributed by atoms with E-state index in [9.17, 15) is 23.1 Å². The highest BCUT2D eigenvalue weighted by atomic mass is 35.5. The summed E-state index contributed by atoms with van der Waals surface area (Å²) < 4.78 is 41.2. The number of benzene rings is 2. The highest BCUT2D eigenvalue weighted by Crippen LogP contribution is 2.35. The summed E-state index contributed by atoms with van der Waals surface area (Å²) in [5.41, 5.74) is 0.163. The predicted octanol–water partition coefficient (Wildman–Crippen LogP) is 4.80. The monoisotopic (exact) mass is 479 g/mol. The van der Waals surface area contributed by atoms with Crippen LogP contribution < -0.4 is 10.6 Å². The largest absolute Gasteiger partial charge is 0.505 e. The predicted molar refractivity (Wildman–Crippen MR) is 108 cm³/mol. The van der Waals surface area contributed by atoms with E-state index in [0.717, 1.165) is 0 Å². The summed E-state index contributed by atoms with van der Waals surface area (Å²) in [6.07, 6.45) is -4.97. The number of carbonyl (C=O) groups excluding carboxylic acids is 1. The Morgan fingerprint density at radius 1 is 1.13 bits per heavy atom. The third-order valence-electron chi connectivity index (χ3n) is 4.07. The molecule has 0 saturated heterocycles. The molecule has 0 radical (unpaired) electrons. The van der Waals surface area contributed by atoms with Gasteiger partial charge in [0.1, 0.15) is 12.6 Å². The molecule has 0 saturated carbocycles. The van der Waals surface area contributed by atoms with Crippen molar-refractivity contribution in [3.05, 3.63) is 62.6 Å². The van der Waals surface area contributed by atoms with Gasteiger partial charge in [-0.05, 0) is 41.8 Å². The molecule has 2 aromatic rings. The Balaban J connectivity index is 2.38. The number of phenolic OH excluding ortho intramolecular Hbond substituents is 1. The first-order valence-corrected chi connectivity index (χ1v) is 9.56. The molecule has 5 nitrogen and oxygen atoms in total. The molecular weight excluding hydrogens is 466 g/mol. The smallest absolute Gasteiger partial charge is 0.407 e. The number of nitrogens with zero attached hydrogens (tertiary/aromatic N) is 1. The molecule has 2 aromatic carbocycles. The number of hydrogen-bond donors (Lipinski definition) is 3. The van der Waals surface area contributed by atoms with Gasteiger partial charge in [-0.15, -0.1) is 0 Å². The minimum Gasteiger partial charge on any atom is -0.505 e. The number of nitrogens with one attached hydrogen (secondary N) is 2. The first-order chi connectivity index (χ1) is 14.0. The van der Waals surface area contributed by atoms with Gasteiger partial charge < -0.3 is 10.4 Å². The number of carbonyl (C=O) groups is 1. The van der Waals surface area contributed by atoms with Crippen LogP contribution in [0.5, 0.6) is 5.75 Å². The van der Waals surface area contributed by atoms with E-state index in [0.29, 0.717) is 5.56 Å². The summed E-state index contributed by atoms with van der Waals surface area (Å²) in [6.45, 7) is -0.383. The van der Waals surface area contributed by atoms with Gasteiger partial charge in [0.15, 0.2) is 5.75 Å². The number of alkyl halides is 3. The van der Waals surface area contributed by atoms with Crippen molar-refractivity contribution in [3.8, 4) is 11.8 Å². The lowest BCUT2D eigenvalue weighted by atomic mass is 10.0. The van der Waals surface area contributed by atoms with Crippen LogP contribution in [-0.4, -0.2) is 29.8 Å². The van der Waals surface area contributed by atoms with Gasteiger partial charge in [-0.3, -0.25) is 10.1 Å². The van der Waals surface area contributed by atoms with E-state index in [2.05, 4.69) is 10.6 Å². The first kappa shape index (κ1) is 24.1. The van der Waals surface area contributed by atoms with E-state index < -0.39 is 24.2 Å². The molecule has 0 unspecified atom stereocenters. The van der Waals surface area contributed by atoms with Crippen molar-refractivity contribution < 1.29 is 23.1 Å². The molecule has 0 aliphatic carbocycles. The lowest BCUT2D eigenvalue weighted by Gasteiger charge is -2.27. The molecular formula is C19H15Cl3F3N3O2. The fourth-order valence-electron chi connectivity index (χ4n) is 2.68. The average Bonchev–Trinajstić information content (AvgIpc) is 2.67. The number of hydrogen-bond acceptors (Lipinski definition) is 4. The van der Waals surface area contributed by atoms with Crippen molar-refractivity contribution in [1.82, 2.24) is 10.6 Å². The number of phenols is 1. The van der Waals surface area contributed by atoms with Crippen LogP contribution in [0.4, 0.5) is 13.2 Å². The number of halogens is 6. The fraction of sp³-hybridized carbons (Fsp3) is 0.263. The third-order valence-corrected chi connectivity index (χ3v) is 4.90. The topological polar surface area (TPSA) is 85.2 Å². The molecule has 0 aliphatic heterocycles. The molecule has 3 N–H and O–H groups in total. The molecule has 11 heteroatoms. The second kappa shape index (κ2) is 10.2. The van der Waals surface area contributed by atoms with Crippen molar-refractivity contribution >= 4 is 40.7 Å². The van der Waals surface area contributed by atoms with Crippen LogP contribution in [0.25, 0.3) is 0 Å². The van der Waals surface area contributed by atoms with Crippen molar-refractivity contribution in [1.29, 1.82) is 5.26 Å². The van der Waals surface area contributed by atoms with Crippen molar-refractivity contribution in [2.24, 2.45) is 0 Å². The Morgan fingerprint density at radius 3 is 2.20 bits per heavy atom. The van der Waals surface area contributed by atoms with Gasteiger partial charge in [0.2, 0.25) is 5.91 Å². The number of nitriles is 1. The van der Waals surface area contributed by atoms with Crippen LogP contribution in [0.1, 0.15) is 17.2 Å². The van der Waals surface area contributed by atoms with E-state index in [1.807, 2.05) is 0 Å². The maximum atomic E-state index is 13.7. The van der Waals surface area contributed by atoms with Crippen LogP contribution in [0.2, 0.25) is 15.1 Å². The third kappa shape index (κ3) is 6.41. The van der Waals surface area contributed by atoms with Gasteiger partial charge in [-0.1, -0.05) is 46.9 Å². The molecule has 1 amide bonds. The fourth-order valence-corrected chi connectivity index (χ4v) is 3.34. The Hall–Kier alpha value is -2.18. The molecule has 2 atom stereocenters. The molecule has 0 aliphatic rings. The average molecular weight is 481 g/mol. The van der Waals surface area contributed by atoms with Crippen molar-refractivity contribution in [3.63, 3.8) is 0 Å². The summed E-state index contributed by atoms with van der Waals surface area (Å²) in [7, 11) is 0. The van der Waals surface area contributed by atoms with Gasteiger partial charge in [-0.2, -0.15) is 18.4 Å². The van der Waals surface area contributed by atoms with Crippen LogP contribution in [-0.2, 0) is 11.2 Å². The van der Waals surface area contributed by atoms with Crippen LogP contribution in [0, 0.1) is 11.3 Å². The number of amides is 1. The molecule has 0 heterocycles. The lowest BCUT2D eigenvalue weighted by Crippen LogP contribution is -2.50. The van der Waals surface area contributed by atoms with Gasteiger partial charge in [0, 0.05) is 5.02 Å². The second-order valence-corrected chi connectivity index (χ2v) is 7.48. The Kier molecular flexibility index (Phi) is 8.21. The molecule has 2 rings (SSSR count). The van der Waals surface area contributed by atoms with E-state index in [1.165, 1.54) is 36.4 Å². The van der Waals surface area contributed by atoms with Crippen LogP contribution in [0.3, 0.4) is 0 Å². The summed E-state index contributed by atoms with van der Waals surface area (Å²) >= 11 is 17.5. The zero-order chi connectivity index (χ0) is 22.5. The lowest BCUT2D eigenvalue weighted by molar-refractivity contribution is -0.160. The number of aromatic hydroxyl groups is 1. The minimum atomic E-state index is -4.73. The SMILES string of the molecule is N#CCNC(=O)[C@H](Cc1cc(Cl)c(O)c(Cl)c1)N[C@@H](c1ccc(Cl)cc1)C(F)(F)F. The molecule has 0 bridgehead atoms. The Morgan fingerprint density at radius 2 is 1.70 bits per heavy atom. The Bertz CT molecular complexity index is 924. The molecule has 0 spiro atoms. The summed E-state index contributed by atoms with van der Waals surface area (Å²) in [5, 5.41) is 22.9. The molecule has 0 fully saturated rings. The van der Waals surface area contributed by atoms with Crippen LogP contribution >= 0.6 is 34.8 Å². The van der Waals surface area contributed by atoms with Crippen molar-refractivity contribution in [2.45, 2.75) is 24.7 Å². The van der Waals surface area contributed by atoms with E-state index in [-0.39, 0.29) is 39.3 Å². The summed E-state index contributed by atoms with van der Waals surface area (Å²) in [4.78, 5) is 12.5. The summed E-state index contributed by atoms with van der Waals surface area (Å²) in [5.74, 6) is -1.20. The normalized spacial score (nSPS) is 13.4. The van der Waals surface area contributed by atoms with Gasteiger partial charge in [-0.25, -0.2) is 0 Å². The van der Waals surface area contributed by atoms with E-state index in [4.69, 9.17) is 40.1 Å². The summed E-state index contributed by atoms with van der Waals surface area (Å²) in [6, 6.07) is 5.71. The number of rotatable bonds is 7. The van der Waals surface area contributed by atoms with E-state index >= 15 is 0 Å².